The number of hydrogen-bond acceptors (Lipinski definition) is 4. The SMILES string of the molecule is COC1C=CC(n2c(C(=O)NCc3cccc(F)c3)c3n(c2=O)CCN(C(=O)c2ccc(Br)c(Cl)c2)C3)=CC1. The van der Waals surface area contributed by atoms with Gasteiger partial charge in [0.15, 0.2) is 0 Å². The van der Waals surface area contributed by atoms with Gasteiger partial charge in [0.1, 0.15) is 11.5 Å². The minimum absolute atomic E-state index is 0.0508. The van der Waals surface area contributed by atoms with Crippen LogP contribution < -0.4 is 11.0 Å². The molecule has 0 saturated carbocycles. The maximum Gasteiger partial charge on any atom is 0.333 e. The van der Waals surface area contributed by atoms with E-state index in [1.54, 1.807) is 48.4 Å². The molecule has 2 aromatic carbocycles. The van der Waals surface area contributed by atoms with E-state index in [9.17, 15) is 18.8 Å². The zero-order chi connectivity index (χ0) is 27.7. The molecular formula is C28H25BrClFN4O4. The third-order valence-corrected chi connectivity index (χ3v) is 8.02. The first-order chi connectivity index (χ1) is 18.8. The maximum absolute atomic E-state index is 13.7. The molecule has 0 spiro atoms. The van der Waals surface area contributed by atoms with Gasteiger partial charge in [0.2, 0.25) is 0 Å². The molecule has 8 nitrogen and oxygen atoms in total. The first-order valence-corrected chi connectivity index (χ1v) is 13.5. The van der Waals surface area contributed by atoms with Gasteiger partial charge in [-0.1, -0.05) is 35.9 Å². The third-order valence-electron chi connectivity index (χ3n) is 6.79. The number of carbonyl (C=O) groups is 2. The summed E-state index contributed by atoms with van der Waals surface area (Å²) in [5, 5.41) is 3.22. The van der Waals surface area contributed by atoms with Crippen LogP contribution in [0.25, 0.3) is 5.70 Å². The van der Waals surface area contributed by atoms with Crippen molar-refractivity contribution in [3.63, 3.8) is 0 Å². The number of allylic oxidation sites excluding steroid dienone is 2. The van der Waals surface area contributed by atoms with Crippen LogP contribution in [0.5, 0.6) is 0 Å². The summed E-state index contributed by atoms with van der Waals surface area (Å²) in [7, 11) is 1.60. The molecule has 0 saturated heterocycles. The Labute approximate surface area is 237 Å². The maximum atomic E-state index is 13.7. The second kappa shape index (κ2) is 11.3. The minimum atomic E-state index is -0.505. The number of imidazole rings is 1. The standard InChI is InChI=1S/C28H25BrClFN4O4/c1-39-21-8-6-20(7-9-21)35-25(26(36)32-15-17-3-2-4-19(31)13-17)24-16-33(11-12-34(24)28(35)38)27(37)18-5-10-22(29)23(30)14-18/h2-8,10,13-14,21H,9,11-12,15-16H2,1H3,(H,32,36). The van der Waals surface area contributed by atoms with Crippen LogP contribution in [-0.2, 0) is 24.4 Å². The molecule has 2 heterocycles. The highest BCUT2D eigenvalue weighted by Crippen LogP contribution is 2.26. The number of aromatic nitrogens is 2. The lowest BCUT2D eigenvalue weighted by atomic mass is 10.1. The fourth-order valence-corrected chi connectivity index (χ4v) is 5.19. The van der Waals surface area contributed by atoms with E-state index in [1.807, 2.05) is 12.2 Å². The molecule has 1 atom stereocenters. The lowest BCUT2D eigenvalue weighted by Gasteiger charge is -2.28. The van der Waals surface area contributed by atoms with Crippen LogP contribution in [0.2, 0.25) is 5.02 Å². The van der Waals surface area contributed by atoms with Gasteiger partial charge in [-0.15, -0.1) is 0 Å². The van der Waals surface area contributed by atoms with Gasteiger partial charge >= 0.3 is 5.69 Å². The summed E-state index contributed by atoms with van der Waals surface area (Å²) in [6.07, 6.45) is 5.84. The number of fused-ring (bicyclic) bond motifs is 1. The summed E-state index contributed by atoms with van der Waals surface area (Å²) < 4.78 is 22.6. The Kier molecular flexibility index (Phi) is 7.88. The molecule has 1 aromatic heterocycles. The average Bonchev–Trinajstić information content (AvgIpc) is 3.24. The summed E-state index contributed by atoms with van der Waals surface area (Å²) in [6.45, 7) is 0.624. The van der Waals surface area contributed by atoms with Crippen LogP contribution >= 0.6 is 27.5 Å². The zero-order valence-corrected chi connectivity index (χ0v) is 23.3. The van der Waals surface area contributed by atoms with E-state index in [-0.39, 0.29) is 49.6 Å². The van der Waals surface area contributed by atoms with Crippen molar-refractivity contribution in [3.8, 4) is 0 Å². The number of hydrogen-bond donors (Lipinski definition) is 1. The van der Waals surface area contributed by atoms with Crippen LogP contribution in [-0.4, -0.2) is 45.6 Å². The topological polar surface area (TPSA) is 85.6 Å². The molecule has 2 aliphatic rings. The van der Waals surface area contributed by atoms with E-state index in [1.165, 1.54) is 21.3 Å². The fraction of sp³-hybridized carbons (Fsp3) is 0.250. The predicted octanol–water partition coefficient (Wildman–Crippen LogP) is 4.61. The predicted molar refractivity (Wildman–Crippen MR) is 149 cm³/mol. The molecule has 1 N–H and O–H groups in total. The molecule has 2 amide bonds. The smallest absolute Gasteiger partial charge is 0.333 e. The van der Waals surface area contributed by atoms with Crippen molar-refractivity contribution in [1.82, 2.24) is 19.4 Å². The minimum Gasteiger partial charge on any atom is -0.377 e. The summed E-state index contributed by atoms with van der Waals surface area (Å²) in [5.74, 6) is -1.18. The Hall–Kier alpha value is -3.47. The van der Waals surface area contributed by atoms with Crippen molar-refractivity contribution in [3.05, 3.63) is 109 Å². The van der Waals surface area contributed by atoms with Gasteiger partial charge in [0, 0.05) is 42.5 Å². The Morgan fingerprint density at radius 3 is 2.72 bits per heavy atom. The Morgan fingerprint density at radius 2 is 2.03 bits per heavy atom. The number of carbonyl (C=O) groups excluding carboxylic acids is 2. The number of methoxy groups -OCH3 is 1. The van der Waals surface area contributed by atoms with Crippen LogP contribution in [0.4, 0.5) is 4.39 Å². The van der Waals surface area contributed by atoms with Gasteiger partial charge in [-0.25, -0.2) is 9.18 Å². The van der Waals surface area contributed by atoms with Crippen LogP contribution in [0.1, 0.15) is 38.5 Å². The normalized spacial score (nSPS) is 16.6. The van der Waals surface area contributed by atoms with Crippen LogP contribution in [0.15, 0.2) is 70.0 Å². The Morgan fingerprint density at radius 1 is 1.21 bits per heavy atom. The van der Waals surface area contributed by atoms with Gasteiger partial charge in [-0.3, -0.25) is 18.7 Å². The summed E-state index contributed by atoms with van der Waals surface area (Å²) in [5.41, 5.74) is 1.71. The van der Waals surface area contributed by atoms with Crippen molar-refractivity contribution in [2.45, 2.75) is 32.2 Å². The number of ether oxygens (including phenoxy) is 1. The van der Waals surface area contributed by atoms with Gasteiger partial charge in [0.25, 0.3) is 11.8 Å². The highest BCUT2D eigenvalue weighted by atomic mass is 79.9. The molecule has 0 fully saturated rings. The number of nitrogens with zero attached hydrogens (tertiary/aromatic N) is 3. The van der Waals surface area contributed by atoms with E-state index >= 15 is 0 Å². The molecule has 0 radical (unpaired) electrons. The number of amides is 2. The van der Waals surface area contributed by atoms with Crippen molar-refractivity contribution in [1.29, 1.82) is 0 Å². The Balaban J connectivity index is 1.51. The molecule has 11 heteroatoms. The van der Waals surface area contributed by atoms with Gasteiger partial charge in [0.05, 0.1) is 23.4 Å². The van der Waals surface area contributed by atoms with Crippen LogP contribution in [0.3, 0.4) is 0 Å². The number of halogens is 3. The average molecular weight is 616 g/mol. The largest absolute Gasteiger partial charge is 0.377 e. The van der Waals surface area contributed by atoms with E-state index in [4.69, 9.17) is 16.3 Å². The summed E-state index contributed by atoms with van der Waals surface area (Å²) in [6, 6.07) is 10.9. The molecule has 3 aromatic rings. The van der Waals surface area contributed by atoms with Crippen molar-refractivity contribution < 1.29 is 18.7 Å². The number of nitrogens with one attached hydrogen (secondary N) is 1. The van der Waals surface area contributed by atoms with Crippen molar-refractivity contribution in [2.24, 2.45) is 0 Å². The lowest BCUT2D eigenvalue weighted by molar-refractivity contribution is 0.0706. The molecule has 1 aliphatic heterocycles. The van der Waals surface area contributed by atoms with Gasteiger partial charge in [-0.2, -0.15) is 0 Å². The van der Waals surface area contributed by atoms with E-state index in [0.29, 0.717) is 38.4 Å². The molecular weight excluding hydrogens is 591 g/mol. The van der Waals surface area contributed by atoms with Crippen molar-refractivity contribution in [2.75, 3.05) is 13.7 Å². The third kappa shape index (κ3) is 5.50. The molecule has 202 valence electrons. The van der Waals surface area contributed by atoms with E-state index in [0.717, 1.165) is 0 Å². The zero-order valence-electron chi connectivity index (χ0n) is 21.0. The summed E-state index contributed by atoms with van der Waals surface area (Å²) in [4.78, 5) is 42.2. The monoisotopic (exact) mass is 614 g/mol. The first kappa shape index (κ1) is 27.1. The molecule has 39 heavy (non-hydrogen) atoms. The first-order valence-electron chi connectivity index (χ1n) is 12.3. The second-order valence-corrected chi connectivity index (χ2v) is 10.5. The molecule has 5 rings (SSSR count). The molecule has 1 unspecified atom stereocenters. The van der Waals surface area contributed by atoms with Gasteiger partial charge < -0.3 is 15.0 Å². The summed E-state index contributed by atoms with van der Waals surface area (Å²) >= 11 is 9.54. The lowest BCUT2D eigenvalue weighted by Crippen LogP contribution is -2.41. The van der Waals surface area contributed by atoms with E-state index in [2.05, 4.69) is 21.2 Å². The molecule has 1 aliphatic carbocycles. The van der Waals surface area contributed by atoms with Crippen LogP contribution in [0, 0.1) is 5.82 Å². The highest BCUT2D eigenvalue weighted by Gasteiger charge is 2.32. The highest BCUT2D eigenvalue weighted by molar-refractivity contribution is 9.10. The fourth-order valence-electron chi connectivity index (χ4n) is 4.76. The quantitative estimate of drug-likeness (QED) is 0.439. The molecule has 0 bridgehead atoms. The number of rotatable bonds is 6. The number of benzene rings is 2. The van der Waals surface area contributed by atoms with Crippen molar-refractivity contribution >= 4 is 45.0 Å². The Bertz CT molecular complexity index is 1580. The van der Waals surface area contributed by atoms with E-state index < -0.39 is 11.7 Å². The second-order valence-electron chi connectivity index (χ2n) is 9.23. The van der Waals surface area contributed by atoms with Gasteiger partial charge in [-0.05, 0) is 64.3 Å².